The summed E-state index contributed by atoms with van der Waals surface area (Å²) in [6.07, 6.45) is 1.67. The third-order valence-electron chi connectivity index (χ3n) is 12.6. The zero-order valence-corrected chi connectivity index (χ0v) is 39.5. The Labute approximate surface area is 371 Å². The van der Waals surface area contributed by atoms with Gasteiger partial charge in [-0.15, -0.1) is 0 Å². The maximum atomic E-state index is 14.4. The van der Waals surface area contributed by atoms with Crippen LogP contribution in [-0.4, -0.2) is 135 Å². The molecule has 0 unspecified atom stereocenters. The highest BCUT2D eigenvalue weighted by Crippen LogP contribution is 2.30. The standard InChI is InChI=1S/C48H77N7O7/c1-13-32(6)43(54(10)48(60)41(30(2)3)52-47(59)42(31(4)5)53(8)9)39(61-11)29-40(56)55-27-17-20-38(55)44(62-12)33(7)45(57)51-37(28-35-18-15-14-16-19-35)46(58)50-26-25-34-21-23-36(49)24-22-34/h14-16,18-19,21-24,30-33,37-39,41-44H,13,17,20,25-29,49H2,1-12H3,(H,50,58)(H,51,57)(H,52,59)/t32-,33+,37-,38-,39+,41-,42-,43-,44+/m0/s1. The van der Waals surface area contributed by atoms with Gasteiger partial charge in [0.15, 0.2) is 0 Å². The minimum atomic E-state index is -0.842. The molecule has 0 spiro atoms. The lowest BCUT2D eigenvalue weighted by molar-refractivity contribution is -0.148. The smallest absolute Gasteiger partial charge is 0.245 e. The van der Waals surface area contributed by atoms with Gasteiger partial charge in [0.25, 0.3) is 0 Å². The molecule has 1 aliphatic rings. The predicted molar refractivity (Wildman–Crippen MR) is 245 cm³/mol. The van der Waals surface area contributed by atoms with Crippen molar-refractivity contribution in [3.63, 3.8) is 0 Å². The topological polar surface area (TPSA) is 176 Å². The highest BCUT2D eigenvalue weighted by atomic mass is 16.5. The van der Waals surface area contributed by atoms with Gasteiger partial charge in [-0.05, 0) is 74.4 Å². The summed E-state index contributed by atoms with van der Waals surface area (Å²) >= 11 is 0. The predicted octanol–water partition coefficient (Wildman–Crippen LogP) is 4.30. The van der Waals surface area contributed by atoms with Crippen molar-refractivity contribution in [2.45, 2.75) is 129 Å². The molecular formula is C48H77N7O7. The lowest BCUT2D eigenvalue weighted by atomic mass is 9.89. The lowest BCUT2D eigenvalue weighted by Gasteiger charge is -2.41. The van der Waals surface area contributed by atoms with E-state index in [1.807, 2.05) is 115 Å². The monoisotopic (exact) mass is 864 g/mol. The first-order chi connectivity index (χ1) is 29.4. The highest BCUT2D eigenvalue weighted by molar-refractivity contribution is 5.90. The van der Waals surface area contributed by atoms with Crippen LogP contribution in [0.4, 0.5) is 5.69 Å². The second-order valence-electron chi connectivity index (χ2n) is 18.0. The molecule has 0 bridgehead atoms. The first kappa shape index (κ1) is 51.8. The number of hydrogen-bond donors (Lipinski definition) is 4. The summed E-state index contributed by atoms with van der Waals surface area (Å²) in [7, 11) is 8.54. The Kier molecular flexibility index (Phi) is 20.8. The van der Waals surface area contributed by atoms with Crippen molar-refractivity contribution in [2.75, 3.05) is 54.2 Å². The minimum absolute atomic E-state index is 0.00107. The molecule has 1 fully saturated rings. The molecule has 346 valence electrons. The molecule has 14 heteroatoms. The summed E-state index contributed by atoms with van der Waals surface area (Å²) in [4.78, 5) is 75.2. The van der Waals surface area contributed by atoms with Crippen LogP contribution in [0.3, 0.4) is 0 Å². The van der Waals surface area contributed by atoms with Gasteiger partial charge in [-0.3, -0.25) is 28.9 Å². The van der Waals surface area contributed by atoms with Crippen LogP contribution in [0.2, 0.25) is 0 Å². The molecule has 0 aromatic heterocycles. The van der Waals surface area contributed by atoms with Gasteiger partial charge >= 0.3 is 0 Å². The van der Waals surface area contributed by atoms with Crippen LogP contribution in [0.15, 0.2) is 54.6 Å². The maximum Gasteiger partial charge on any atom is 0.245 e. The first-order valence-corrected chi connectivity index (χ1v) is 22.4. The molecule has 2 aromatic rings. The molecule has 9 atom stereocenters. The van der Waals surface area contributed by atoms with Crippen LogP contribution >= 0.6 is 0 Å². The lowest BCUT2D eigenvalue weighted by Crippen LogP contribution is -2.59. The molecule has 14 nitrogen and oxygen atoms in total. The van der Waals surface area contributed by atoms with Gasteiger partial charge < -0.3 is 41.0 Å². The summed E-state index contributed by atoms with van der Waals surface area (Å²) in [5.74, 6) is -2.17. The Balaban J connectivity index is 1.78. The summed E-state index contributed by atoms with van der Waals surface area (Å²) in [6, 6.07) is 14.1. The number of nitrogens with one attached hydrogen (secondary N) is 3. The molecule has 3 rings (SSSR count). The molecule has 1 heterocycles. The Bertz CT molecular complexity index is 1720. The fraction of sp³-hybridized carbons (Fsp3) is 0.646. The number of benzene rings is 2. The molecule has 2 aromatic carbocycles. The van der Waals surface area contributed by atoms with Gasteiger partial charge in [-0.2, -0.15) is 0 Å². The van der Waals surface area contributed by atoms with E-state index >= 15 is 0 Å². The van der Waals surface area contributed by atoms with Crippen molar-refractivity contribution in [3.05, 3.63) is 65.7 Å². The van der Waals surface area contributed by atoms with Gasteiger partial charge in [-0.1, -0.05) is 97.4 Å². The third-order valence-corrected chi connectivity index (χ3v) is 12.6. The molecular weight excluding hydrogens is 787 g/mol. The second kappa shape index (κ2) is 24.9. The minimum Gasteiger partial charge on any atom is -0.399 e. The number of amides is 5. The van der Waals surface area contributed by atoms with E-state index in [-0.39, 0.29) is 53.7 Å². The number of carbonyl (C=O) groups excluding carboxylic acids is 5. The van der Waals surface area contributed by atoms with Crippen LogP contribution in [0, 0.1) is 23.7 Å². The molecule has 5 amide bonds. The van der Waals surface area contributed by atoms with Crippen LogP contribution in [-0.2, 0) is 46.3 Å². The van der Waals surface area contributed by atoms with Gasteiger partial charge in [0, 0.05) is 46.5 Å². The molecule has 0 aliphatic carbocycles. The molecule has 5 N–H and O–H groups in total. The molecule has 1 saturated heterocycles. The number of likely N-dealkylation sites (tertiary alicyclic amines) is 1. The zero-order chi connectivity index (χ0) is 46.3. The van der Waals surface area contributed by atoms with Crippen molar-refractivity contribution in [2.24, 2.45) is 23.7 Å². The maximum absolute atomic E-state index is 14.4. The number of nitrogen functional groups attached to an aromatic ring is 1. The number of carbonyl (C=O) groups is 5. The number of nitrogens with zero attached hydrogens (tertiary/aromatic N) is 3. The van der Waals surface area contributed by atoms with Crippen molar-refractivity contribution in [1.82, 2.24) is 30.7 Å². The van der Waals surface area contributed by atoms with Gasteiger partial charge in [0.05, 0.1) is 42.7 Å². The van der Waals surface area contributed by atoms with Gasteiger partial charge in [0.1, 0.15) is 12.1 Å². The average Bonchev–Trinajstić information content (AvgIpc) is 3.72. The number of rotatable bonds is 24. The van der Waals surface area contributed by atoms with Crippen molar-refractivity contribution < 1.29 is 33.4 Å². The summed E-state index contributed by atoms with van der Waals surface area (Å²) in [6.45, 7) is 14.5. The summed E-state index contributed by atoms with van der Waals surface area (Å²) in [5, 5.41) is 9.05. The fourth-order valence-corrected chi connectivity index (χ4v) is 8.91. The van der Waals surface area contributed by atoms with E-state index < -0.39 is 48.3 Å². The number of likely N-dealkylation sites (N-methyl/N-ethyl adjacent to an activating group) is 2. The average molecular weight is 864 g/mol. The molecule has 0 radical (unpaired) electrons. The summed E-state index contributed by atoms with van der Waals surface area (Å²) < 4.78 is 12.1. The SMILES string of the molecule is CC[C@H](C)[C@@H]([C@@H](CC(=O)N1CCC[C@H]1[C@H](OC)[C@@H](C)C(=O)N[C@@H](Cc1ccccc1)C(=O)NCCc1ccc(N)cc1)OC)N(C)C(=O)[C@@H](NC(=O)[C@H](C(C)C)N(C)C)C(C)C. The number of nitrogens with two attached hydrogens (primary N) is 1. The van der Waals surface area contributed by atoms with Crippen molar-refractivity contribution >= 4 is 35.2 Å². The van der Waals surface area contributed by atoms with Crippen LogP contribution in [0.1, 0.15) is 85.3 Å². The van der Waals surface area contributed by atoms with E-state index in [0.29, 0.717) is 38.0 Å². The van der Waals surface area contributed by atoms with E-state index in [2.05, 4.69) is 16.0 Å². The third kappa shape index (κ3) is 14.2. The number of anilines is 1. The Morgan fingerprint density at radius 2 is 1.47 bits per heavy atom. The Morgan fingerprint density at radius 1 is 0.823 bits per heavy atom. The zero-order valence-electron chi connectivity index (χ0n) is 39.5. The van der Waals surface area contributed by atoms with Crippen LogP contribution in [0.5, 0.6) is 0 Å². The molecule has 0 saturated carbocycles. The van der Waals surface area contributed by atoms with Crippen molar-refractivity contribution in [1.29, 1.82) is 0 Å². The van der Waals surface area contributed by atoms with E-state index in [1.54, 1.807) is 38.0 Å². The summed E-state index contributed by atoms with van der Waals surface area (Å²) in [5.41, 5.74) is 8.43. The number of methoxy groups -OCH3 is 2. The van der Waals surface area contributed by atoms with Gasteiger partial charge in [-0.25, -0.2) is 0 Å². The van der Waals surface area contributed by atoms with Crippen molar-refractivity contribution in [3.8, 4) is 0 Å². The quantitative estimate of drug-likeness (QED) is 0.112. The van der Waals surface area contributed by atoms with Crippen LogP contribution in [0.25, 0.3) is 0 Å². The van der Waals surface area contributed by atoms with Crippen LogP contribution < -0.4 is 21.7 Å². The van der Waals surface area contributed by atoms with Gasteiger partial charge in [0.2, 0.25) is 29.5 Å². The Morgan fingerprint density at radius 3 is 2.02 bits per heavy atom. The van der Waals surface area contributed by atoms with E-state index in [1.165, 1.54) is 0 Å². The highest BCUT2D eigenvalue weighted by Gasteiger charge is 2.43. The normalized spacial score (nSPS) is 18.0. The first-order valence-electron chi connectivity index (χ1n) is 22.4. The van der Waals surface area contributed by atoms with E-state index in [9.17, 15) is 24.0 Å². The fourth-order valence-electron chi connectivity index (χ4n) is 8.91. The largest absolute Gasteiger partial charge is 0.399 e. The van der Waals surface area contributed by atoms with E-state index in [0.717, 1.165) is 24.0 Å². The molecule has 62 heavy (non-hydrogen) atoms. The number of hydrogen-bond acceptors (Lipinski definition) is 9. The van der Waals surface area contributed by atoms with E-state index in [4.69, 9.17) is 15.2 Å². The Hall–Kier alpha value is -4.53. The number of ether oxygens (including phenoxy) is 2. The molecule has 1 aliphatic heterocycles. The second-order valence-corrected chi connectivity index (χ2v) is 18.0.